The molecule has 8 heteroatoms. The molecule has 0 saturated heterocycles. The van der Waals surface area contributed by atoms with Crippen molar-refractivity contribution in [3.63, 3.8) is 0 Å². The van der Waals surface area contributed by atoms with E-state index < -0.39 is 10.0 Å². The first-order valence-electron chi connectivity index (χ1n) is 8.09. The molecule has 0 spiro atoms. The topological polar surface area (TPSA) is 73.8 Å². The Morgan fingerprint density at radius 1 is 1.29 bits per heavy atom. The Bertz CT molecular complexity index is 635. The van der Waals surface area contributed by atoms with Gasteiger partial charge in [-0.15, -0.1) is 0 Å². The zero-order valence-electron chi connectivity index (χ0n) is 14.5. The minimum atomic E-state index is -3.12. The molecule has 2 N–H and O–H groups in total. The minimum absolute atomic E-state index is 0.105. The monoisotopic (exact) mass is 418 g/mol. The van der Waals surface area contributed by atoms with E-state index in [2.05, 4.69) is 41.9 Å². The number of sulfonamides is 1. The fourth-order valence-corrected chi connectivity index (χ4v) is 3.09. The third kappa shape index (κ3) is 7.63. The molecular weight excluding hydrogens is 392 g/mol. The maximum atomic E-state index is 11.4. The molecule has 24 heavy (non-hydrogen) atoms. The van der Waals surface area contributed by atoms with Crippen LogP contribution in [0.15, 0.2) is 33.7 Å². The highest BCUT2D eigenvalue weighted by molar-refractivity contribution is 9.10. The van der Waals surface area contributed by atoms with E-state index in [-0.39, 0.29) is 5.75 Å². The number of aliphatic imine (C=N–C) groups is 1. The fourth-order valence-electron chi connectivity index (χ4n) is 2.02. The SMILES string of the molecule is CCNC(=NCCCNS(=O)(=O)CC)N(C)Cc1ccccc1Br. The van der Waals surface area contributed by atoms with E-state index >= 15 is 0 Å². The van der Waals surface area contributed by atoms with Gasteiger partial charge < -0.3 is 10.2 Å². The van der Waals surface area contributed by atoms with E-state index in [1.165, 1.54) is 5.56 Å². The van der Waals surface area contributed by atoms with Crippen LogP contribution >= 0.6 is 15.9 Å². The Morgan fingerprint density at radius 2 is 2.00 bits per heavy atom. The lowest BCUT2D eigenvalue weighted by atomic mass is 10.2. The molecule has 0 aliphatic carbocycles. The summed E-state index contributed by atoms with van der Waals surface area (Å²) in [5.41, 5.74) is 1.18. The van der Waals surface area contributed by atoms with Crippen LogP contribution in [-0.4, -0.2) is 51.7 Å². The molecule has 0 saturated carbocycles. The Labute approximate surface area is 153 Å². The first kappa shape index (κ1) is 20.9. The molecule has 1 rings (SSSR count). The summed E-state index contributed by atoms with van der Waals surface area (Å²) in [6, 6.07) is 8.10. The van der Waals surface area contributed by atoms with Gasteiger partial charge in [-0.2, -0.15) is 0 Å². The number of benzene rings is 1. The highest BCUT2D eigenvalue weighted by Gasteiger charge is 2.08. The van der Waals surface area contributed by atoms with Crippen molar-refractivity contribution in [2.75, 3.05) is 32.4 Å². The summed E-state index contributed by atoms with van der Waals surface area (Å²) >= 11 is 3.56. The molecule has 0 heterocycles. The minimum Gasteiger partial charge on any atom is -0.357 e. The van der Waals surface area contributed by atoms with Crippen LogP contribution in [0.1, 0.15) is 25.8 Å². The normalized spacial score (nSPS) is 12.2. The van der Waals surface area contributed by atoms with E-state index in [4.69, 9.17) is 0 Å². The van der Waals surface area contributed by atoms with E-state index in [0.29, 0.717) is 19.5 Å². The Morgan fingerprint density at radius 3 is 2.62 bits per heavy atom. The molecule has 0 unspecified atom stereocenters. The number of hydrogen-bond acceptors (Lipinski definition) is 3. The van der Waals surface area contributed by atoms with Gasteiger partial charge in [-0.3, -0.25) is 4.99 Å². The number of hydrogen-bond donors (Lipinski definition) is 2. The Kier molecular flexibility index (Phi) is 9.31. The molecule has 136 valence electrons. The largest absolute Gasteiger partial charge is 0.357 e. The molecule has 0 atom stereocenters. The van der Waals surface area contributed by atoms with Gasteiger partial charge in [0.15, 0.2) is 5.96 Å². The van der Waals surface area contributed by atoms with Gasteiger partial charge in [0, 0.05) is 37.7 Å². The summed E-state index contributed by atoms with van der Waals surface area (Å²) in [5, 5.41) is 3.26. The average Bonchev–Trinajstić information content (AvgIpc) is 2.55. The van der Waals surface area contributed by atoms with Crippen LogP contribution in [0.4, 0.5) is 0 Å². The highest BCUT2D eigenvalue weighted by Crippen LogP contribution is 2.17. The number of nitrogens with one attached hydrogen (secondary N) is 2. The lowest BCUT2D eigenvalue weighted by Gasteiger charge is -2.22. The molecule has 6 nitrogen and oxygen atoms in total. The molecule has 1 aromatic carbocycles. The van der Waals surface area contributed by atoms with E-state index in [0.717, 1.165) is 23.5 Å². The lowest BCUT2D eigenvalue weighted by Crippen LogP contribution is -2.38. The molecule has 0 amide bonds. The third-order valence-corrected chi connectivity index (χ3v) is 5.54. The van der Waals surface area contributed by atoms with Gasteiger partial charge in [0.2, 0.25) is 10.0 Å². The summed E-state index contributed by atoms with van der Waals surface area (Å²) in [4.78, 5) is 6.62. The summed E-state index contributed by atoms with van der Waals surface area (Å²) in [6.45, 7) is 6.14. The molecule has 0 aliphatic heterocycles. The smallest absolute Gasteiger partial charge is 0.211 e. The quantitative estimate of drug-likeness (QED) is 0.366. The van der Waals surface area contributed by atoms with Gasteiger partial charge in [-0.05, 0) is 31.9 Å². The van der Waals surface area contributed by atoms with Gasteiger partial charge in [-0.25, -0.2) is 13.1 Å². The second-order valence-electron chi connectivity index (χ2n) is 5.33. The van der Waals surface area contributed by atoms with Crippen molar-refractivity contribution < 1.29 is 8.42 Å². The van der Waals surface area contributed by atoms with Gasteiger partial charge in [0.1, 0.15) is 0 Å². The Hall–Kier alpha value is -1.12. The fraction of sp³-hybridized carbons (Fsp3) is 0.562. The number of rotatable bonds is 9. The zero-order valence-corrected chi connectivity index (χ0v) is 17.0. The predicted octanol–water partition coefficient (Wildman–Crippen LogP) is 2.18. The van der Waals surface area contributed by atoms with Crippen molar-refractivity contribution in [1.29, 1.82) is 0 Å². The van der Waals surface area contributed by atoms with Crippen LogP contribution in [0.5, 0.6) is 0 Å². The van der Waals surface area contributed by atoms with Crippen molar-refractivity contribution in [2.45, 2.75) is 26.8 Å². The summed E-state index contributed by atoms with van der Waals surface area (Å²) in [6.07, 6.45) is 0.664. The Balaban J connectivity index is 2.57. The predicted molar refractivity (Wildman–Crippen MR) is 104 cm³/mol. The maximum Gasteiger partial charge on any atom is 0.211 e. The summed E-state index contributed by atoms with van der Waals surface area (Å²) in [7, 11) is -1.14. The molecular formula is C16H27BrN4O2S. The van der Waals surface area contributed by atoms with Gasteiger partial charge in [0.25, 0.3) is 0 Å². The van der Waals surface area contributed by atoms with Crippen molar-refractivity contribution >= 4 is 31.9 Å². The van der Waals surface area contributed by atoms with Crippen molar-refractivity contribution in [3.8, 4) is 0 Å². The number of halogens is 1. The lowest BCUT2D eigenvalue weighted by molar-refractivity contribution is 0.475. The van der Waals surface area contributed by atoms with Crippen LogP contribution < -0.4 is 10.0 Å². The van der Waals surface area contributed by atoms with Crippen LogP contribution in [0.25, 0.3) is 0 Å². The number of nitrogens with zero attached hydrogens (tertiary/aromatic N) is 2. The first-order valence-corrected chi connectivity index (χ1v) is 10.5. The first-order chi connectivity index (χ1) is 11.4. The van der Waals surface area contributed by atoms with Crippen molar-refractivity contribution in [2.24, 2.45) is 4.99 Å². The number of guanidine groups is 1. The average molecular weight is 419 g/mol. The van der Waals surface area contributed by atoms with Crippen molar-refractivity contribution in [1.82, 2.24) is 14.9 Å². The molecule has 0 bridgehead atoms. The zero-order chi connectivity index (χ0) is 18.0. The van der Waals surface area contributed by atoms with Crippen LogP contribution in [0.3, 0.4) is 0 Å². The third-order valence-electron chi connectivity index (χ3n) is 3.36. The standard InChI is InChI=1S/C16H27BrN4O2S/c1-4-18-16(19-11-8-12-20-24(22,23)5-2)21(3)13-14-9-6-7-10-15(14)17/h6-7,9-10,20H,4-5,8,11-13H2,1-3H3,(H,18,19). The van der Waals surface area contributed by atoms with Crippen LogP contribution in [0.2, 0.25) is 0 Å². The van der Waals surface area contributed by atoms with E-state index in [1.807, 2.05) is 32.2 Å². The molecule has 1 aromatic rings. The van der Waals surface area contributed by atoms with Gasteiger partial charge in [0.05, 0.1) is 5.75 Å². The van der Waals surface area contributed by atoms with Gasteiger partial charge >= 0.3 is 0 Å². The highest BCUT2D eigenvalue weighted by atomic mass is 79.9. The van der Waals surface area contributed by atoms with Gasteiger partial charge in [-0.1, -0.05) is 34.1 Å². The molecule has 0 aromatic heterocycles. The second-order valence-corrected chi connectivity index (χ2v) is 8.28. The summed E-state index contributed by atoms with van der Waals surface area (Å²) < 4.78 is 26.4. The van der Waals surface area contributed by atoms with E-state index in [1.54, 1.807) is 6.92 Å². The van der Waals surface area contributed by atoms with Crippen molar-refractivity contribution in [3.05, 3.63) is 34.3 Å². The van der Waals surface area contributed by atoms with E-state index in [9.17, 15) is 8.42 Å². The summed E-state index contributed by atoms with van der Waals surface area (Å²) in [5.74, 6) is 0.916. The van der Waals surface area contributed by atoms with Crippen LogP contribution in [0, 0.1) is 0 Å². The molecule has 0 radical (unpaired) electrons. The van der Waals surface area contributed by atoms with Crippen LogP contribution in [-0.2, 0) is 16.6 Å². The second kappa shape index (κ2) is 10.7. The maximum absolute atomic E-state index is 11.4. The molecule has 0 fully saturated rings. The molecule has 0 aliphatic rings.